The third-order valence-electron chi connectivity index (χ3n) is 3.88. The minimum atomic E-state index is -0.135. The van der Waals surface area contributed by atoms with Crippen molar-refractivity contribution in [1.29, 1.82) is 0 Å². The Morgan fingerprint density at radius 3 is 2.73 bits per heavy atom. The van der Waals surface area contributed by atoms with Crippen LogP contribution in [-0.2, 0) is 23.1 Å². The van der Waals surface area contributed by atoms with E-state index in [1.54, 1.807) is 11.6 Å². The second-order valence-electron chi connectivity index (χ2n) is 5.90. The number of benzene rings is 1. The summed E-state index contributed by atoms with van der Waals surface area (Å²) >= 11 is 1.49. The highest BCUT2D eigenvalue weighted by Gasteiger charge is 2.13. The predicted molar refractivity (Wildman–Crippen MR) is 103 cm³/mol. The van der Waals surface area contributed by atoms with Gasteiger partial charge < -0.3 is 0 Å². The van der Waals surface area contributed by atoms with E-state index in [1.165, 1.54) is 11.8 Å². The number of hydrogen-bond acceptors (Lipinski definition) is 5. The molecule has 140 valence electrons. The molecule has 0 atom stereocenters. The number of rotatable bonds is 9. The normalized spacial score (nSPS) is 10.7. The number of thioether (sulfide) groups is 1. The zero-order chi connectivity index (χ0) is 18.9. The van der Waals surface area contributed by atoms with E-state index in [0.717, 1.165) is 16.8 Å². The Hall–Kier alpha value is -2.12. The largest absolute Gasteiger partial charge is 0.291 e. The van der Waals surface area contributed by atoms with Crippen LogP contribution in [0.25, 0.3) is 0 Å². The Morgan fingerprint density at radius 1 is 1.31 bits per heavy atom. The summed E-state index contributed by atoms with van der Waals surface area (Å²) in [5.41, 5.74) is 4.93. The number of carbonyl (C=O) groups is 1. The van der Waals surface area contributed by atoms with Crippen LogP contribution in [0.5, 0.6) is 0 Å². The van der Waals surface area contributed by atoms with Gasteiger partial charge in [0.25, 0.3) is 5.56 Å². The third kappa shape index (κ3) is 5.71. The first-order chi connectivity index (χ1) is 12.5. The minimum Gasteiger partial charge on any atom is -0.291 e. The zero-order valence-electron chi connectivity index (χ0n) is 15.4. The SMILES string of the molecule is CCONC(=O)CCCSc1nc(C)c(Cc2ccccc2)c(=O)n1C. The first-order valence-corrected chi connectivity index (χ1v) is 9.65. The van der Waals surface area contributed by atoms with Crippen molar-refractivity contribution in [3.8, 4) is 0 Å². The Kier molecular flexibility index (Phi) is 7.87. The molecule has 1 N–H and O–H groups in total. The molecule has 0 saturated carbocycles. The van der Waals surface area contributed by atoms with Crippen molar-refractivity contribution in [1.82, 2.24) is 15.0 Å². The molecule has 7 heteroatoms. The highest BCUT2D eigenvalue weighted by Crippen LogP contribution is 2.18. The van der Waals surface area contributed by atoms with Crippen molar-refractivity contribution in [2.75, 3.05) is 12.4 Å². The molecule has 0 aliphatic rings. The molecule has 1 aromatic heterocycles. The van der Waals surface area contributed by atoms with Crippen molar-refractivity contribution in [3.63, 3.8) is 0 Å². The number of nitrogens with zero attached hydrogens (tertiary/aromatic N) is 2. The Morgan fingerprint density at radius 2 is 2.04 bits per heavy atom. The number of aryl methyl sites for hydroxylation is 1. The highest BCUT2D eigenvalue weighted by atomic mass is 32.2. The fourth-order valence-corrected chi connectivity index (χ4v) is 3.41. The molecule has 0 saturated heterocycles. The quantitative estimate of drug-likeness (QED) is 0.316. The van der Waals surface area contributed by atoms with E-state index in [-0.39, 0.29) is 11.5 Å². The lowest BCUT2D eigenvalue weighted by Crippen LogP contribution is -2.26. The molecule has 0 aliphatic heterocycles. The van der Waals surface area contributed by atoms with E-state index < -0.39 is 0 Å². The zero-order valence-corrected chi connectivity index (χ0v) is 16.3. The van der Waals surface area contributed by atoms with Crippen LogP contribution in [0.15, 0.2) is 40.3 Å². The summed E-state index contributed by atoms with van der Waals surface area (Å²) in [6, 6.07) is 9.91. The van der Waals surface area contributed by atoms with Crippen LogP contribution < -0.4 is 11.0 Å². The first-order valence-electron chi connectivity index (χ1n) is 8.66. The second kappa shape index (κ2) is 10.1. The van der Waals surface area contributed by atoms with E-state index in [2.05, 4.69) is 10.5 Å². The maximum atomic E-state index is 12.7. The van der Waals surface area contributed by atoms with Crippen LogP contribution >= 0.6 is 11.8 Å². The molecule has 6 nitrogen and oxygen atoms in total. The van der Waals surface area contributed by atoms with Crippen molar-refractivity contribution < 1.29 is 9.63 Å². The van der Waals surface area contributed by atoms with Crippen molar-refractivity contribution in [3.05, 3.63) is 57.5 Å². The van der Waals surface area contributed by atoms with Gasteiger partial charge in [-0.05, 0) is 25.8 Å². The molecule has 2 aromatic rings. The molecular weight excluding hydrogens is 350 g/mol. The average Bonchev–Trinajstić information content (AvgIpc) is 2.65. The number of carbonyl (C=O) groups excluding carboxylic acids is 1. The molecule has 0 fully saturated rings. The molecule has 1 heterocycles. The van der Waals surface area contributed by atoms with E-state index >= 15 is 0 Å². The fraction of sp³-hybridized carbons (Fsp3) is 0.421. The van der Waals surface area contributed by atoms with Crippen LogP contribution in [0.1, 0.15) is 36.6 Å². The molecule has 0 bridgehead atoms. The van der Waals surface area contributed by atoms with Crippen LogP contribution in [0, 0.1) is 6.92 Å². The van der Waals surface area contributed by atoms with Gasteiger partial charge in [-0.2, -0.15) is 0 Å². The van der Waals surface area contributed by atoms with Gasteiger partial charge in [0.1, 0.15) is 0 Å². The van der Waals surface area contributed by atoms with Gasteiger partial charge in [-0.1, -0.05) is 42.1 Å². The van der Waals surface area contributed by atoms with Crippen molar-refractivity contribution >= 4 is 17.7 Å². The summed E-state index contributed by atoms with van der Waals surface area (Å²) in [4.78, 5) is 33.6. The Labute approximate surface area is 157 Å². The lowest BCUT2D eigenvalue weighted by molar-refractivity contribution is -0.133. The smallest absolute Gasteiger partial charge is 0.257 e. The van der Waals surface area contributed by atoms with Gasteiger partial charge in [0.15, 0.2) is 5.16 Å². The predicted octanol–water partition coefficient (Wildman–Crippen LogP) is 2.62. The van der Waals surface area contributed by atoms with Gasteiger partial charge in [0.2, 0.25) is 5.91 Å². The van der Waals surface area contributed by atoms with Crippen molar-refractivity contribution in [2.24, 2.45) is 7.05 Å². The molecular formula is C19H25N3O3S. The van der Waals surface area contributed by atoms with Gasteiger partial charge in [0, 0.05) is 36.9 Å². The molecule has 0 unspecified atom stereocenters. The first kappa shape index (κ1) is 20.2. The highest BCUT2D eigenvalue weighted by molar-refractivity contribution is 7.99. The standard InChI is InChI=1S/C19H25N3O3S/c1-4-25-21-17(23)11-8-12-26-19-20-14(2)16(18(24)22(19)3)13-15-9-6-5-7-10-15/h5-7,9-10H,4,8,11-13H2,1-3H3,(H,21,23). The van der Waals surface area contributed by atoms with Crippen LogP contribution in [0.2, 0.25) is 0 Å². The lowest BCUT2D eigenvalue weighted by atomic mass is 10.1. The topological polar surface area (TPSA) is 73.2 Å². The van der Waals surface area contributed by atoms with E-state index in [9.17, 15) is 9.59 Å². The molecule has 0 aliphatic carbocycles. The second-order valence-corrected chi connectivity index (χ2v) is 6.96. The Balaban J connectivity index is 1.98. The summed E-state index contributed by atoms with van der Waals surface area (Å²) < 4.78 is 1.59. The van der Waals surface area contributed by atoms with Gasteiger partial charge in [-0.3, -0.25) is 19.0 Å². The van der Waals surface area contributed by atoms with Gasteiger partial charge in [-0.15, -0.1) is 0 Å². The number of hydroxylamine groups is 1. The molecule has 0 spiro atoms. The van der Waals surface area contributed by atoms with Gasteiger partial charge in [-0.25, -0.2) is 10.5 Å². The van der Waals surface area contributed by atoms with E-state index in [4.69, 9.17) is 4.84 Å². The van der Waals surface area contributed by atoms with Crippen LogP contribution in [-0.4, -0.2) is 27.8 Å². The minimum absolute atomic E-state index is 0.0158. The third-order valence-corrected chi connectivity index (χ3v) is 5.00. The maximum Gasteiger partial charge on any atom is 0.257 e. The molecule has 1 aromatic carbocycles. The lowest BCUT2D eigenvalue weighted by Gasteiger charge is -2.12. The summed E-state index contributed by atoms with van der Waals surface area (Å²) in [5.74, 6) is 0.570. The average molecular weight is 375 g/mol. The van der Waals surface area contributed by atoms with Crippen LogP contribution in [0.4, 0.5) is 0 Å². The molecule has 26 heavy (non-hydrogen) atoms. The van der Waals surface area contributed by atoms with Crippen LogP contribution in [0.3, 0.4) is 0 Å². The maximum absolute atomic E-state index is 12.7. The Bertz CT molecular complexity index is 791. The molecule has 0 radical (unpaired) electrons. The molecule has 2 rings (SSSR count). The fourth-order valence-electron chi connectivity index (χ4n) is 2.46. The van der Waals surface area contributed by atoms with Gasteiger partial charge in [0.05, 0.1) is 6.61 Å². The van der Waals surface area contributed by atoms with Gasteiger partial charge >= 0.3 is 0 Å². The van der Waals surface area contributed by atoms with Crippen molar-refractivity contribution in [2.45, 2.75) is 38.3 Å². The van der Waals surface area contributed by atoms with E-state index in [0.29, 0.717) is 36.8 Å². The number of aromatic nitrogens is 2. The summed E-state index contributed by atoms with van der Waals surface area (Å²) in [7, 11) is 1.74. The summed E-state index contributed by atoms with van der Waals surface area (Å²) in [6.07, 6.45) is 1.64. The summed E-state index contributed by atoms with van der Waals surface area (Å²) in [5, 5.41) is 0.675. The molecule has 1 amide bonds. The van der Waals surface area contributed by atoms with E-state index in [1.807, 2.05) is 44.2 Å². The number of nitrogens with one attached hydrogen (secondary N) is 1. The monoisotopic (exact) mass is 375 g/mol. The number of amides is 1. The number of hydrogen-bond donors (Lipinski definition) is 1. The summed E-state index contributed by atoms with van der Waals surface area (Å²) in [6.45, 7) is 4.13.